The van der Waals surface area contributed by atoms with Crippen molar-refractivity contribution in [2.24, 2.45) is 0 Å². The molecule has 0 radical (unpaired) electrons. The average molecular weight is 834 g/mol. The Labute approximate surface area is 347 Å². The van der Waals surface area contributed by atoms with Crippen molar-refractivity contribution < 1.29 is 38.8 Å². The number of para-hydroxylation sites is 1. The molecular formula is C45H41ClFN5O8. The summed E-state index contributed by atoms with van der Waals surface area (Å²) >= 11 is 5.89. The predicted octanol–water partition coefficient (Wildman–Crippen LogP) is 7.45. The second kappa shape index (κ2) is 17.6. The van der Waals surface area contributed by atoms with E-state index in [0.717, 1.165) is 31.3 Å². The van der Waals surface area contributed by atoms with Gasteiger partial charge in [0.1, 0.15) is 28.4 Å². The van der Waals surface area contributed by atoms with Gasteiger partial charge in [-0.05, 0) is 92.1 Å². The Morgan fingerprint density at radius 3 is 2.30 bits per heavy atom. The lowest BCUT2D eigenvalue weighted by molar-refractivity contribution is -0.136. The molecule has 0 amide bonds. The molecule has 3 aromatic heterocycles. The minimum Gasteiger partial charge on any atom is -0.506 e. The number of nitrogens with zero attached hydrogens (tertiary/aromatic N) is 4. The third-order valence-corrected chi connectivity index (χ3v) is 10.8. The number of pyridine rings is 2. The van der Waals surface area contributed by atoms with Gasteiger partial charge in [0.05, 0.1) is 30.3 Å². The van der Waals surface area contributed by atoms with E-state index in [2.05, 4.69) is 10.3 Å². The van der Waals surface area contributed by atoms with Crippen LogP contribution in [0.3, 0.4) is 0 Å². The Balaban J connectivity index is 0.000000146. The van der Waals surface area contributed by atoms with Crippen molar-refractivity contribution in [3.8, 4) is 11.5 Å². The lowest BCUT2D eigenvalue weighted by Crippen LogP contribution is -2.43. The number of carbonyl (C=O) groups is 3. The van der Waals surface area contributed by atoms with E-state index in [1.165, 1.54) is 16.8 Å². The smallest absolute Gasteiger partial charge is 0.341 e. The van der Waals surface area contributed by atoms with Gasteiger partial charge in [-0.2, -0.15) is 0 Å². The SMILES string of the molecule is COc1ccc2c(c1)c(CC(=O)O)c(C)n2C(=O)c1ccc(Cl)cc1.O=C(O)c1cn(C2CC2)c2cc(N3CCNCC3)c(F)cc2c1=O.Oc1cccc2cccnc12. The third-order valence-electron chi connectivity index (χ3n) is 10.5. The van der Waals surface area contributed by atoms with Crippen LogP contribution in [0.4, 0.5) is 10.1 Å². The number of carboxylic acids is 2. The molecule has 4 N–H and O–H groups in total. The summed E-state index contributed by atoms with van der Waals surface area (Å²) in [5.74, 6) is -2.10. The molecule has 7 aromatic rings. The van der Waals surface area contributed by atoms with E-state index in [-0.39, 0.29) is 35.1 Å². The van der Waals surface area contributed by atoms with Gasteiger partial charge in [-0.25, -0.2) is 9.18 Å². The highest BCUT2D eigenvalue weighted by molar-refractivity contribution is 6.30. The fourth-order valence-electron chi connectivity index (χ4n) is 7.35. The number of methoxy groups -OCH3 is 1. The molecule has 1 saturated heterocycles. The van der Waals surface area contributed by atoms with Gasteiger partial charge in [-0.1, -0.05) is 29.8 Å². The number of anilines is 1. The number of hydrogen-bond acceptors (Lipinski definition) is 9. The van der Waals surface area contributed by atoms with E-state index in [1.807, 2.05) is 27.7 Å². The Morgan fingerprint density at radius 2 is 1.65 bits per heavy atom. The van der Waals surface area contributed by atoms with Gasteiger partial charge in [0.2, 0.25) is 5.43 Å². The van der Waals surface area contributed by atoms with Crippen LogP contribution in [-0.2, 0) is 11.2 Å². The summed E-state index contributed by atoms with van der Waals surface area (Å²) in [5, 5.41) is 33.4. The van der Waals surface area contributed by atoms with Gasteiger partial charge >= 0.3 is 11.9 Å². The number of aromatic hydroxyl groups is 1. The monoisotopic (exact) mass is 833 g/mol. The summed E-state index contributed by atoms with van der Waals surface area (Å²) in [6.07, 6.45) is 4.79. The maximum absolute atomic E-state index is 14.6. The van der Waals surface area contributed by atoms with Crippen LogP contribution >= 0.6 is 11.6 Å². The van der Waals surface area contributed by atoms with Gasteiger partial charge in [-0.3, -0.25) is 23.9 Å². The Hall–Kier alpha value is -6.77. The topological polar surface area (TPSA) is 176 Å². The van der Waals surface area contributed by atoms with Crippen molar-refractivity contribution in [1.82, 2.24) is 19.4 Å². The van der Waals surface area contributed by atoms with Crippen LogP contribution in [0.2, 0.25) is 5.02 Å². The van der Waals surface area contributed by atoms with Crippen molar-refractivity contribution in [3.63, 3.8) is 0 Å². The summed E-state index contributed by atoms with van der Waals surface area (Å²) in [6, 6.07) is 24.1. The number of fused-ring (bicyclic) bond motifs is 3. The van der Waals surface area contributed by atoms with Gasteiger partial charge < -0.3 is 34.8 Å². The summed E-state index contributed by atoms with van der Waals surface area (Å²) in [7, 11) is 1.54. The number of aliphatic carboxylic acids is 1. The van der Waals surface area contributed by atoms with Crippen LogP contribution in [0.5, 0.6) is 11.5 Å². The molecule has 15 heteroatoms. The normalized spacial score (nSPS) is 13.6. The minimum atomic E-state index is -1.28. The van der Waals surface area contributed by atoms with E-state index >= 15 is 0 Å². The van der Waals surface area contributed by atoms with Crippen LogP contribution in [0.25, 0.3) is 32.7 Å². The maximum atomic E-state index is 14.6. The second-order valence-corrected chi connectivity index (χ2v) is 14.8. The number of rotatable bonds is 7. The molecule has 1 saturated carbocycles. The zero-order valence-electron chi connectivity index (χ0n) is 32.7. The van der Waals surface area contributed by atoms with E-state index in [0.29, 0.717) is 68.3 Å². The van der Waals surface area contributed by atoms with Gasteiger partial charge in [0, 0.05) is 77.1 Å². The number of aromatic carboxylic acids is 1. The zero-order chi connectivity index (χ0) is 42.7. The minimum absolute atomic E-state index is 0.137. The number of carboxylic acid groups (broad SMARTS) is 2. The number of aromatic nitrogens is 3. The van der Waals surface area contributed by atoms with Crippen molar-refractivity contribution in [3.05, 3.63) is 141 Å². The predicted molar refractivity (Wildman–Crippen MR) is 228 cm³/mol. The molecule has 60 heavy (non-hydrogen) atoms. The molecule has 4 aromatic carbocycles. The molecule has 0 unspecified atom stereocenters. The first-order valence-corrected chi connectivity index (χ1v) is 19.5. The third kappa shape index (κ3) is 8.65. The van der Waals surface area contributed by atoms with Crippen molar-refractivity contribution in [1.29, 1.82) is 0 Å². The lowest BCUT2D eigenvalue weighted by Gasteiger charge is -2.30. The van der Waals surface area contributed by atoms with Gasteiger partial charge in [0.25, 0.3) is 5.91 Å². The molecule has 1 aliphatic carbocycles. The molecule has 13 nitrogen and oxygen atoms in total. The first kappa shape index (κ1) is 41.4. The fraction of sp³-hybridized carbons (Fsp3) is 0.222. The van der Waals surface area contributed by atoms with Crippen LogP contribution < -0.4 is 20.4 Å². The number of carbonyl (C=O) groups excluding carboxylic acids is 1. The number of benzene rings is 4. The van der Waals surface area contributed by atoms with E-state index in [1.54, 1.807) is 80.9 Å². The zero-order valence-corrected chi connectivity index (χ0v) is 33.4. The molecule has 2 aliphatic rings. The quantitative estimate of drug-likeness (QED) is 0.126. The standard InChI is InChI=1S/C19H16ClNO4.C17H18FN3O3.C9H7NO/c1-11-15(10-18(22)23)16-9-14(25-2)7-8-17(16)21(11)19(24)12-3-5-13(20)6-4-12;18-13-7-11-14(8-15(13)20-5-3-19-4-6-20)21(10-1-2-10)9-12(16(11)22)17(23)24;11-8-5-1-3-7-4-2-6-10-9(7)8/h3-9H,10H2,1-2H3,(H,22,23);7-10,19H,1-6H2,(H,23,24);1-6,11H. The molecule has 2 fully saturated rings. The maximum Gasteiger partial charge on any atom is 0.341 e. The summed E-state index contributed by atoms with van der Waals surface area (Å²) in [4.78, 5) is 54.0. The highest BCUT2D eigenvalue weighted by Gasteiger charge is 2.28. The number of nitrogens with one attached hydrogen (secondary N) is 1. The van der Waals surface area contributed by atoms with Crippen molar-refractivity contribution in [2.45, 2.75) is 32.2 Å². The Bertz CT molecular complexity index is 2830. The van der Waals surface area contributed by atoms with E-state index < -0.39 is 23.2 Å². The van der Waals surface area contributed by atoms with Gasteiger partial charge in [-0.15, -0.1) is 0 Å². The first-order chi connectivity index (χ1) is 28.9. The molecular weight excluding hydrogens is 793 g/mol. The molecule has 4 heterocycles. The number of piperazine rings is 1. The highest BCUT2D eigenvalue weighted by Crippen LogP contribution is 2.38. The number of ether oxygens (including phenoxy) is 1. The number of phenolic OH excluding ortho intramolecular Hbond substituents is 1. The second-order valence-electron chi connectivity index (χ2n) is 14.4. The summed E-state index contributed by atoms with van der Waals surface area (Å²) in [5.41, 5.74) is 3.15. The molecule has 9 rings (SSSR count). The first-order valence-electron chi connectivity index (χ1n) is 19.2. The lowest BCUT2D eigenvalue weighted by atomic mass is 10.1. The van der Waals surface area contributed by atoms with Crippen molar-refractivity contribution >= 4 is 67.8 Å². The van der Waals surface area contributed by atoms with E-state index in [9.17, 15) is 38.9 Å². The Morgan fingerprint density at radius 1 is 0.933 bits per heavy atom. The van der Waals surface area contributed by atoms with Crippen LogP contribution in [-0.4, -0.2) is 80.6 Å². The summed E-state index contributed by atoms with van der Waals surface area (Å²) in [6.45, 7) is 4.71. The van der Waals surface area contributed by atoms with Crippen LogP contribution in [0, 0.1) is 12.7 Å². The van der Waals surface area contributed by atoms with Crippen LogP contribution in [0.15, 0.2) is 102 Å². The van der Waals surface area contributed by atoms with Crippen molar-refractivity contribution in [2.75, 3.05) is 38.2 Å². The molecule has 0 atom stereocenters. The Kier molecular flexibility index (Phi) is 12.1. The molecule has 1 aliphatic heterocycles. The number of hydrogen-bond donors (Lipinski definition) is 4. The van der Waals surface area contributed by atoms with Crippen LogP contribution in [0.1, 0.15) is 50.9 Å². The fourth-order valence-corrected chi connectivity index (χ4v) is 7.47. The number of halogens is 2. The van der Waals surface area contributed by atoms with E-state index in [4.69, 9.17) is 16.3 Å². The van der Waals surface area contributed by atoms with Gasteiger partial charge in [0.15, 0.2) is 0 Å². The number of phenols is 1. The summed E-state index contributed by atoms with van der Waals surface area (Å²) < 4.78 is 23.2. The molecule has 0 bridgehead atoms. The average Bonchev–Trinajstić information content (AvgIpc) is 4.06. The molecule has 0 spiro atoms. The largest absolute Gasteiger partial charge is 0.506 e. The highest BCUT2D eigenvalue weighted by atomic mass is 35.5. The molecule has 308 valence electrons.